The van der Waals surface area contributed by atoms with Gasteiger partial charge >= 0.3 is 0 Å². The van der Waals surface area contributed by atoms with E-state index in [0.717, 1.165) is 35.9 Å². The Morgan fingerprint density at radius 3 is 2.45 bits per heavy atom. The van der Waals surface area contributed by atoms with Crippen LogP contribution in [0.2, 0.25) is 0 Å². The number of hydrogen-bond donors (Lipinski definition) is 2. The summed E-state index contributed by atoms with van der Waals surface area (Å²) in [5.74, 6) is -0.789. The topological polar surface area (TPSA) is 95.6 Å². The molecule has 2 N–H and O–H groups in total. The van der Waals surface area contributed by atoms with Gasteiger partial charge in [0.05, 0.1) is 5.75 Å². The van der Waals surface area contributed by atoms with Crippen molar-refractivity contribution in [3.05, 3.63) is 0 Å². The van der Waals surface area contributed by atoms with Gasteiger partial charge in [0.15, 0.2) is 0 Å². The van der Waals surface area contributed by atoms with Gasteiger partial charge in [-0.05, 0) is 33.1 Å². The van der Waals surface area contributed by atoms with Crippen molar-refractivity contribution in [1.82, 2.24) is 15.5 Å². The number of rotatable bonds is 6. The van der Waals surface area contributed by atoms with Crippen LogP contribution < -0.4 is 10.6 Å². The number of carbonyl (C=O) groups is 4. The Morgan fingerprint density at radius 2 is 1.95 bits per heavy atom. The predicted molar refractivity (Wildman–Crippen MR) is 82.1 cm³/mol. The van der Waals surface area contributed by atoms with E-state index in [9.17, 15) is 19.2 Å². The van der Waals surface area contributed by atoms with Crippen LogP contribution in [0.15, 0.2) is 0 Å². The average molecular weight is 327 g/mol. The van der Waals surface area contributed by atoms with E-state index >= 15 is 0 Å². The molecule has 122 valence electrons. The van der Waals surface area contributed by atoms with Gasteiger partial charge in [-0.2, -0.15) is 0 Å². The van der Waals surface area contributed by atoms with E-state index in [-0.39, 0.29) is 41.9 Å². The normalized spacial score (nSPS) is 19.1. The monoisotopic (exact) mass is 327 g/mol. The fraction of sp³-hybridized carbons (Fsp3) is 0.714. The zero-order valence-corrected chi connectivity index (χ0v) is 13.6. The Morgan fingerprint density at radius 1 is 1.27 bits per heavy atom. The largest absolute Gasteiger partial charge is 0.353 e. The van der Waals surface area contributed by atoms with Gasteiger partial charge in [-0.15, -0.1) is 0 Å². The molecule has 1 saturated heterocycles. The molecule has 4 amide bonds. The molecule has 22 heavy (non-hydrogen) atoms. The molecule has 0 bridgehead atoms. The average Bonchev–Trinajstić information content (AvgIpc) is 2.73. The molecule has 7 nitrogen and oxygen atoms in total. The summed E-state index contributed by atoms with van der Waals surface area (Å²) in [7, 11) is 0. The van der Waals surface area contributed by atoms with E-state index in [0.29, 0.717) is 0 Å². The molecule has 2 rings (SSSR count). The molecule has 2 aliphatic rings. The minimum Gasteiger partial charge on any atom is -0.353 e. The second kappa shape index (κ2) is 6.68. The third-order valence-electron chi connectivity index (χ3n) is 4.04. The molecule has 1 saturated carbocycles. The highest BCUT2D eigenvalue weighted by molar-refractivity contribution is 8.14. The van der Waals surface area contributed by atoms with Crippen molar-refractivity contribution in [2.75, 3.05) is 18.8 Å². The van der Waals surface area contributed by atoms with Gasteiger partial charge in [0.1, 0.15) is 5.41 Å². The Kier molecular flexibility index (Phi) is 5.10. The number of nitrogens with zero attached hydrogens (tertiary/aromatic N) is 1. The molecule has 0 aromatic rings. The predicted octanol–water partition coefficient (Wildman–Crippen LogP) is 0.493. The van der Waals surface area contributed by atoms with Crippen LogP contribution in [-0.4, -0.2) is 52.7 Å². The van der Waals surface area contributed by atoms with Gasteiger partial charge in [-0.1, -0.05) is 11.8 Å². The van der Waals surface area contributed by atoms with Crippen molar-refractivity contribution in [3.8, 4) is 0 Å². The van der Waals surface area contributed by atoms with Gasteiger partial charge in [0.2, 0.25) is 17.7 Å². The van der Waals surface area contributed by atoms with Crippen LogP contribution in [-0.2, 0) is 14.4 Å². The van der Waals surface area contributed by atoms with E-state index in [2.05, 4.69) is 10.6 Å². The summed E-state index contributed by atoms with van der Waals surface area (Å²) in [5, 5.41) is 5.20. The van der Waals surface area contributed by atoms with Crippen LogP contribution in [0.25, 0.3) is 0 Å². The summed E-state index contributed by atoms with van der Waals surface area (Å²) in [6.07, 6.45) is 3.02. The lowest BCUT2D eigenvalue weighted by atomic mass is 9.87. The minimum atomic E-state index is -1.18. The molecule has 0 unspecified atom stereocenters. The molecule has 0 aromatic heterocycles. The lowest BCUT2D eigenvalue weighted by molar-refractivity contribution is -0.142. The van der Waals surface area contributed by atoms with Crippen LogP contribution in [0.4, 0.5) is 4.79 Å². The van der Waals surface area contributed by atoms with Crippen molar-refractivity contribution in [1.29, 1.82) is 0 Å². The Balaban J connectivity index is 1.78. The lowest BCUT2D eigenvalue weighted by Crippen LogP contribution is -2.52. The number of nitrogens with one attached hydrogen (secondary N) is 2. The van der Waals surface area contributed by atoms with Crippen LogP contribution >= 0.6 is 11.8 Å². The van der Waals surface area contributed by atoms with Crippen LogP contribution in [0.1, 0.15) is 33.1 Å². The Hall–Kier alpha value is -1.57. The summed E-state index contributed by atoms with van der Waals surface area (Å²) < 4.78 is 0. The summed E-state index contributed by atoms with van der Waals surface area (Å²) >= 11 is 0.959. The minimum absolute atomic E-state index is 0.136. The van der Waals surface area contributed by atoms with Gasteiger partial charge in [-0.25, -0.2) is 0 Å². The molecule has 0 spiro atoms. The SMILES string of the molecule is CC(C)(C(=O)NCCN1C(=O)CSC1=O)C(=O)NC1CCC1. The zero-order chi connectivity index (χ0) is 16.3. The molecular weight excluding hydrogens is 306 g/mol. The van der Waals surface area contributed by atoms with Crippen molar-refractivity contribution in [2.45, 2.75) is 39.2 Å². The maximum atomic E-state index is 12.2. The first-order valence-electron chi connectivity index (χ1n) is 7.39. The van der Waals surface area contributed by atoms with E-state index in [1.165, 1.54) is 0 Å². The second-order valence-electron chi connectivity index (χ2n) is 6.08. The van der Waals surface area contributed by atoms with Crippen molar-refractivity contribution in [2.24, 2.45) is 5.41 Å². The third-order valence-corrected chi connectivity index (χ3v) is 4.90. The number of thioether (sulfide) groups is 1. The first-order valence-corrected chi connectivity index (χ1v) is 8.37. The molecule has 1 heterocycles. The Labute approximate surface area is 133 Å². The van der Waals surface area contributed by atoms with E-state index < -0.39 is 11.3 Å². The molecule has 0 radical (unpaired) electrons. The molecule has 8 heteroatoms. The number of amides is 4. The quantitative estimate of drug-likeness (QED) is 0.692. The number of hydrogen-bond acceptors (Lipinski definition) is 5. The van der Waals surface area contributed by atoms with Crippen molar-refractivity contribution in [3.63, 3.8) is 0 Å². The smallest absolute Gasteiger partial charge is 0.288 e. The zero-order valence-electron chi connectivity index (χ0n) is 12.8. The standard InChI is InChI=1S/C14H21N3O4S/c1-14(2,12(20)16-9-4-3-5-9)11(19)15-6-7-17-10(18)8-22-13(17)21/h9H,3-8H2,1-2H3,(H,15,19)(H,16,20). The maximum absolute atomic E-state index is 12.2. The Bertz CT molecular complexity index is 486. The van der Waals surface area contributed by atoms with Crippen molar-refractivity contribution < 1.29 is 19.2 Å². The second-order valence-corrected chi connectivity index (χ2v) is 7.01. The molecule has 0 aromatic carbocycles. The molecular formula is C14H21N3O4S. The highest BCUT2D eigenvalue weighted by atomic mass is 32.2. The van der Waals surface area contributed by atoms with Gasteiger partial charge in [-0.3, -0.25) is 24.1 Å². The highest BCUT2D eigenvalue weighted by Crippen LogP contribution is 2.22. The third kappa shape index (κ3) is 3.60. The summed E-state index contributed by atoms with van der Waals surface area (Å²) in [6, 6.07) is 0.177. The molecule has 1 aliphatic heterocycles. The first kappa shape index (κ1) is 16.8. The maximum Gasteiger partial charge on any atom is 0.288 e. The van der Waals surface area contributed by atoms with E-state index in [4.69, 9.17) is 0 Å². The first-order chi connectivity index (χ1) is 10.3. The molecule has 0 atom stereocenters. The summed E-state index contributed by atoms with van der Waals surface area (Å²) in [4.78, 5) is 48.3. The fourth-order valence-corrected chi connectivity index (χ4v) is 2.87. The van der Waals surface area contributed by atoms with Crippen molar-refractivity contribution >= 4 is 34.7 Å². The fourth-order valence-electron chi connectivity index (χ4n) is 2.12. The lowest BCUT2D eigenvalue weighted by Gasteiger charge is -2.31. The van der Waals surface area contributed by atoms with E-state index in [1.807, 2.05) is 0 Å². The highest BCUT2D eigenvalue weighted by Gasteiger charge is 2.38. The van der Waals surface area contributed by atoms with Gasteiger partial charge in [0.25, 0.3) is 5.24 Å². The van der Waals surface area contributed by atoms with E-state index in [1.54, 1.807) is 13.8 Å². The summed E-state index contributed by atoms with van der Waals surface area (Å²) in [5.41, 5.74) is -1.18. The summed E-state index contributed by atoms with van der Waals surface area (Å²) in [6.45, 7) is 3.42. The van der Waals surface area contributed by atoms with Gasteiger partial charge in [0, 0.05) is 19.1 Å². The number of carbonyl (C=O) groups excluding carboxylic acids is 4. The van der Waals surface area contributed by atoms with Crippen LogP contribution in [0.3, 0.4) is 0 Å². The molecule has 1 aliphatic carbocycles. The van der Waals surface area contributed by atoms with Crippen LogP contribution in [0.5, 0.6) is 0 Å². The molecule has 2 fully saturated rings. The van der Waals surface area contributed by atoms with Crippen LogP contribution in [0, 0.1) is 5.41 Å². The van der Waals surface area contributed by atoms with Gasteiger partial charge < -0.3 is 10.6 Å². The number of imide groups is 1.